The number of aromatic nitrogens is 1. The van der Waals surface area contributed by atoms with E-state index in [0.29, 0.717) is 13.0 Å². The molecule has 2 aromatic rings. The number of nitrogens with zero attached hydrogens (tertiary/aromatic N) is 2. The Kier molecular flexibility index (Phi) is 5.23. The Labute approximate surface area is 153 Å². The lowest BCUT2D eigenvalue weighted by atomic mass is 9.92. The maximum atomic E-state index is 12.5. The van der Waals surface area contributed by atoms with Crippen LogP contribution in [-0.4, -0.2) is 34.8 Å². The Hall–Kier alpha value is -2.14. The molecule has 1 fully saturated rings. The molecule has 2 aliphatic rings. The maximum Gasteiger partial charge on any atom is 0.244 e. The molecule has 5 nitrogen and oxygen atoms in total. The molecule has 0 unspecified atom stereocenters. The Balaban J connectivity index is 0.00000182. The third kappa shape index (κ3) is 3.47. The van der Waals surface area contributed by atoms with E-state index in [1.807, 2.05) is 24.3 Å². The van der Waals surface area contributed by atoms with Gasteiger partial charge in [0, 0.05) is 24.0 Å². The summed E-state index contributed by atoms with van der Waals surface area (Å²) in [5.41, 5.74) is 4.09. The van der Waals surface area contributed by atoms with Crippen molar-refractivity contribution in [2.75, 3.05) is 18.4 Å². The first-order valence-electron chi connectivity index (χ1n) is 8.70. The van der Waals surface area contributed by atoms with Crippen LogP contribution < -0.4 is 5.32 Å². The number of para-hydroxylation sites is 1. The molecule has 1 N–H and O–H groups in total. The summed E-state index contributed by atoms with van der Waals surface area (Å²) in [6, 6.07) is 7.94. The minimum atomic E-state index is -0.116. The number of rotatable bonds is 3. The van der Waals surface area contributed by atoms with Gasteiger partial charge in [0.15, 0.2) is 0 Å². The molecule has 1 aromatic heterocycles. The zero-order valence-corrected chi connectivity index (χ0v) is 14.9. The molecule has 0 radical (unpaired) electrons. The van der Waals surface area contributed by atoms with Crippen LogP contribution in [0.25, 0.3) is 10.9 Å². The van der Waals surface area contributed by atoms with Gasteiger partial charge in [0.05, 0.1) is 17.7 Å². The van der Waals surface area contributed by atoms with Gasteiger partial charge >= 0.3 is 0 Å². The third-order valence-electron chi connectivity index (χ3n) is 4.94. The van der Waals surface area contributed by atoms with Gasteiger partial charge in [-0.25, -0.2) is 0 Å². The number of nitrogens with one attached hydrogen (secondary N) is 1. The first-order valence-corrected chi connectivity index (χ1v) is 8.70. The van der Waals surface area contributed by atoms with E-state index in [1.165, 1.54) is 5.56 Å². The summed E-state index contributed by atoms with van der Waals surface area (Å²) in [4.78, 5) is 30.7. The monoisotopic (exact) mass is 359 g/mol. The van der Waals surface area contributed by atoms with Crippen molar-refractivity contribution in [1.82, 2.24) is 9.88 Å². The van der Waals surface area contributed by atoms with Crippen LogP contribution in [-0.2, 0) is 22.4 Å². The molecule has 132 valence electrons. The van der Waals surface area contributed by atoms with Crippen molar-refractivity contribution in [3.63, 3.8) is 0 Å². The van der Waals surface area contributed by atoms with Gasteiger partial charge in [0.1, 0.15) is 0 Å². The lowest BCUT2D eigenvalue weighted by molar-refractivity contribution is -0.131. The number of hydrogen-bond acceptors (Lipinski definition) is 3. The summed E-state index contributed by atoms with van der Waals surface area (Å²) in [5.74, 6) is -0.0406. The minimum absolute atomic E-state index is 0. The fourth-order valence-corrected chi connectivity index (χ4v) is 3.74. The highest BCUT2D eigenvalue weighted by molar-refractivity contribution is 6.04. The number of anilines is 1. The van der Waals surface area contributed by atoms with Crippen molar-refractivity contribution >= 4 is 40.8 Å². The van der Waals surface area contributed by atoms with Gasteiger partial charge in [-0.05, 0) is 43.7 Å². The van der Waals surface area contributed by atoms with Gasteiger partial charge < -0.3 is 10.2 Å². The van der Waals surface area contributed by atoms with Gasteiger partial charge in [0.2, 0.25) is 11.8 Å². The van der Waals surface area contributed by atoms with Gasteiger partial charge in [-0.2, -0.15) is 0 Å². The van der Waals surface area contributed by atoms with Crippen LogP contribution in [0.5, 0.6) is 0 Å². The summed E-state index contributed by atoms with van der Waals surface area (Å²) >= 11 is 0. The molecule has 6 heteroatoms. The number of likely N-dealkylation sites (tertiary alicyclic amines) is 1. The number of carbonyl (C=O) groups excluding carboxylic acids is 2. The molecular formula is C19H22ClN3O2. The van der Waals surface area contributed by atoms with Gasteiger partial charge in [-0.15, -0.1) is 12.4 Å². The van der Waals surface area contributed by atoms with Crippen LogP contribution in [0.2, 0.25) is 0 Å². The van der Waals surface area contributed by atoms with E-state index in [-0.39, 0.29) is 30.8 Å². The summed E-state index contributed by atoms with van der Waals surface area (Å²) in [7, 11) is 0. The molecule has 2 amide bonds. The molecule has 1 aromatic carbocycles. The van der Waals surface area contributed by atoms with Crippen LogP contribution >= 0.6 is 12.4 Å². The molecular weight excluding hydrogens is 338 g/mol. The topological polar surface area (TPSA) is 62.3 Å². The maximum absolute atomic E-state index is 12.5. The molecule has 0 saturated carbocycles. The van der Waals surface area contributed by atoms with E-state index >= 15 is 0 Å². The largest absolute Gasteiger partial charge is 0.333 e. The van der Waals surface area contributed by atoms with Crippen LogP contribution in [0.3, 0.4) is 0 Å². The molecule has 2 heterocycles. The van der Waals surface area contributed by atoms with Crippen molar-refractivity contribution in [1.29, 1.82) is 0 Å². The Morgan fingerprint density at radius 3 is 2.72 bits per heavy atom. The Morgan fingerprint density at radius 1 is 1.12 bits per heavy atom. The number of hydrogen-bond donors (Lipinski definition) is 1. The molecule has 25 heavy (non-hydrogen) atoms. The van der Waals surface area contributed by atoms with E-state index in [1.54, 1.807) is 4.90 Å². The molecule has 0 atom stereocenters. The van der Waals surface area contributed by atoms with Crippen molar-refractivity contribution in [3.8, 4) is 0 Å². The first-order chi connectivity index (χ1) is 11.7. The average molecular weight is 360 g/mol. The zero-order valence-electron chi connectivity index (χ0n) is 14.1. The van der Waals surface area contributed by atoms with Crippen molar-refractivity contribution in [2.45, 2.75) is 38.5 Å². The minimum Gasteiger partial charge on any atom is -0.333 e. The second kappa shape index (κ2) is 7.40. The number of fused-ring (bicyclic) bond motifs is 2. The summed E-state index contributed by atoms with van der Waals surface area (Å²) in [6.07, 6.45) is 5.59. The molecule has 0 spiro atoms. The smallest absolute Gasteiger partial charge is 0.244 e. The highest BCUT2D eigenvalue weighted by Crippen LogP contribution is 2.33. The van der Waals surface area contributed by atoms with Crippen molar-refractivity contribution in [3.05, 3.63) is 35.5 Å². The number of benzene rings is 1. The second-order valence-electron chi connectivity index (χ2n) is 6.60. The van der Waals surface area contributed by atoms with E-state index in [0.717, 1.165) is 54.4 Å². The number of aryl methyl sites for hydroxylation is 1. The zero-order chi connectivity index (χ0) is 16.5. The van der Waals surface area contributed by atoms with Crippen molar-refractivity contribution in [2.24, 2.45) is 0 Å². The van der Waals surface area contributed by atoms with Crippen LogP contribution in [0, 0.1) is 0 Å². The normalized spacial score (nSPS) is 16.5. The lowest BCUT2D eigenvalue weighted by Crippen LogP contribution is -2.34. The number of pyridine rings is 1. The average Bonchev–Trinajstić information content (AvgIpc) is 2.99. The summed E-state index contributed by atoms with van der Waals surface area (Å²) in [5, 5.41) is 4.07. The fourth-order valence-electron chi connectivity index (χ4n) is 3.74. The highest BCUT2D eigenvalue weighted by Gasteiger charge is 2.24. The van der Waals surface area contributed by atoms with Crippen molar-refractivity contribution < 1.29 is 9.59 Å². The van der Waals surface area contributed by atoms with Crippen LogP contribution in [0.15, 0.2) is 24.3 Å². The molecule has 4 rings (SSSR count). The first kappa shape index (κ1) is 17.7. The predicted molar refractivity (Wildman–Crippen MR) is 100 cm³/mol. The molecule has 1 saturated heterocycles. The van der Waals surface area contributed by atoms with Gasteiger partial charge in [-0.3, -0.25) is 14.6 Å². The van der Waals surface area contributed by atoms with Crippen LogP contribution in [0.4, 0.5) is 5.69 Å². The standard InChI is InChI=1S/C19H21N3O2.ClH/c23-17(12-22-11-5-10-18(22)24)21-19-13-6-1-3-8-15(13)20-16-9-4-2-7-14(16)19;/h1,3,6,8H,2,4-5,7,9-12H2,(H,20,21,23);1H. The number of carbonyl (C=O) groups is 2. The number of halogens is 1. The third-order valence-corrected chi connectivity index (χ3v) is 4.94. The van der Waals surface area contributed by atoms with Crippen LogP contribution in [0.1, 0.15) is 36.9 Å². The quantitative estimate of drug-likeness (QED) is 0.915. The Morgan fingerprint density at radius 2 is 1.92 bits per heavy atom. The molecule has 1 aliphatic carbocycles. The predicted octanol–water partition coefficient (Wildman–Crippen LogP) is 3.10. The number of amides is 2. The van der Waals surface area contributed by atoms with Gasteiger partial charge in [0.25, 0.3) is 0 Å². The van der Waals surface area contributed by atoms with E-state index in [2.05, 4.69) is 5.32 Å². The second-order valence-corrected chi connectivity index (χ2v) is 6.60. The lowest BCUT2D eigenvalue weighted by Gasteiger charge is -2.22. The Bertz CT molecular complexity index is 822. The van der Waals surface area contributed by atoms with E-state index < -0.39 is 0 Å². The summed E-state index contributed by atoms with van der Waals surface area (Å²) < 4.78 is 0. The van der Waals surface area contributed by atoms with Gasteiger partial charge in [-0.1, -0.05) is 18.2 Å². The van der Waals surface area contributed by atoms with E-state index in [9.17, 15) is 9.59 Å². The highest BCUT2D eigenvalue weighted by atomic mass is 35.5. The molecule has 1 aliphatic heterocycles. The van der Waals surface area contributed by atoms with E-state index in [4.69, 9.17) is 4.98 Å². The molecule has 0 bridgehead atoms. The fraction of sp³-hybridized carbons (Fsp3) is 0.421. The summed E-state index contributed by atoms with van der Waals surface area (Å²) in [6.45, 7) is 0.825. The SMILES string of the molecule is Cl.O=C(CN1CCCC1=O)Nc1c2c(nc3ccccc13)CCCC2.